The van der Waals surface area contributed by atoms with Crippen LogP contribution in [-0.2, 0) is 20.9 Å². The molecule has 1 fully saturated rings. The quantitative estimate of drug-likeness (QED) is 0.538. The standard InChI is InChI=1S/C21H25F5N2O3S/c1-12(2)19(20(31)32-9-8-21(24,25)26)27-16(29)10-14-6-7-17(30)28(14)11-13-4-3-5-15(22)18(13)23/h3-5,12,14,19H,6-11H2,1-2H3,(H,27,29)/t14-,19+/m0/s1. The van der Waals surface area contributed by atoms with Crippen molar-refractivity contribution in [3.05, 3.63) is 35.4 Å². The highest BCUT2D eigenvalue weighted by molar-refractivity contribution is 8.13. The van der Waals surface area contributed by atoms with Gasteiger partial charge in [-0.1, -0.05) is 37.7 Å². The van der Waals surface area contributed by atoms with Crippen molar-refractivity contribution in [1.82, 2.24) is 10.2 Å². The summed E-state index contributed by atoms with van der Waals surface area (Å²) in [6, 6.07) is 2.10. The van der Waals surface area contributed by atoms with Crippen molar-refractivity contribution in [2.24, 2.45) is 5.92 Å². The number of likely N-dealkylation sites (tertiary alicyclic amines) is 1. The predicted octanol–water partition coefficient (Wildman–Crippen LogP) is 4.20. The summed E-state index contributed by atoms with van der Waals surface area (Å²) in [6.07, 6.45) is -5.16. The molecule has 1 N–H and O–H groups in total. The normalized spacial score (nSPS) is 17.7. The van der Waals surface area contributed by atoms with Crippen LogP contribution in [0.25, 0.3) is 0 Å². The molecule has 1 aliphatic rings. The van der Waals surface area contributed by atoms with Crippen LogP contribution in [0.3, 0.4) is 0 Å². The molecule has 11 heteroatoms. The summed E-state index contributed by atoms with van der Waals surface area (Å²) in [6.45, 7) is 3.12. The van der Waals surface area contributed by atoms with Crippen molar-refractivity contribution in [1.29, 1.82) is 0 Å². The van der Waals surface area contributed by atoms with Gasteiger partial charge >= 0.3 is 6.18 Å². The molecular formula is C21H25F5N2O3S. The molecule has 1 saturated heterocycles. The van der Waals surface area contributed by atoms with Crippen molar-refractivity contribution in [2.45, 2.75) is 64.3 Å². The Morgan fingerprint density at radius 1 is 1.25 bits per heavy atom. The minimum absolute atomic E-state index is 0.0121. The van der Waals surface area contributed by atoms with Crippen LogP contribution in [0.4, 0.5) is 22.0 Å². The van der Waals surface area contributed by atoms with Gasteiger partial charge in [-0.15, -0.1) is 0 Å². The number of nitrogens with zero attached hydrogens (tertiary/aromatic N) is 1. The summed E-state index contributed by atoms with van der Waals surface area (Å²) in [7, 11) is 0. The van der Waals surface area contributed by atoms with Gasteiger partial charge in [0, 0.05) is 36.7 Å². The Bertz CT molecular complexity index is 847. The molecule has 2 atom stereocenters. The molecule has 2 rings (SSSR count). The Morgan fingerprint density at radius 3 is 2.56 bits per heavy atom. The third kappa shape index (κ3) is 7.46. The molecule has 0 aliphatic carbocycles. The largest absolute Gasteiger partial charge is 0.389 e. The molecule has 178 valence electrons. The lowest BCUT2D eigenvalue weighted by atomic mass is 10.0. The molecule has 1 aromatic rings. The molecule has 0 unspecified atom stereocenters. The van der Waals surface area contributed by atoms with Gasteiger partial charge in [-0.3, -0.25) is 14.4 Å². The minimum Gasteiger partial charge on any atom is -0.345 e. The van der Waals surface area contributed by atoms with Crippen molar-refractivity contribution in [3.8, 4) is 0 Å². The van der Waals surface area contributed by atoms with Gasteiger partial charge in [0.2, 0.25) is 16.9 Å². The molecular weight excluding hydrogens is 455 g/mol. The number of alkyl halides is 3. The van der Waals surface area contributed by atoms with Gasteiger partial charge in [-0.05, 0) is 18.4 Å². The lowest BCUT2D eigenvalue weighted by Crippen LogP contribution is -2.45. The van der Waals surface area contributed by atoms with Gasteiger partial charge < -0.3 is 10.2 Å². The lowest BCUT2D eigenvalue weighted by molar-refractivity contribution is -0.132. The second-order valence-corrected chi connectivity index (χ2v) is 9.05. The smallest absolute Gasteiger partial charge is 0.345 e. The van der Waals surface area contributed by atoms with Crippen LogP contribution >= 0.6 is 11.8 Å². The number of nitrogens with one attached hydrogen (secondary N) is 1. The molecule has 1 heterocycles. The molecule has 0 aromatic heterocycles. The minimum atomic E-state index is -4.37. The molecule has 2 amide bonds. The number of carbonyl (C=O) groups is 3. The first-order chi connectivity index (χ1) is 14.9. The number of carbonyl (C=O) groups excluding carboxylic acids is 3. The van der Waals surface area contributed by atoms with Crippen LogP contribution in [-0.4, -0.2) is 45.8 Å². The molecule has 5 nitrogen and oxygen atoms in total. The van der Waals surface area contributed by atoms with E-state index in [0.29, 0.717) is 18.2 Å². The van der Waals surface area contributed by atoms with Crippen molar-refractivity contribution >= 4 is 28.7 Å². The Morgan fingerprint density at radius 2 is 1.94 bits per heavy atom. The fraction of sp³-hybridized carbons (Fsp3) is 0.571. The third-order valence-corrected chi connectivity index (χ3v) is 6.06. The summed E-state index contributed by atoms with van der Waals surface area (Å²) in [5, 5.41) is 1.98. The fourth-order valence-corrected chi connectivity index (χ4v) is 4.42. The summed E-state index contributed by atoms with van der Waals surface area (Å²) in [5.74, 6) is -3.73. The Hall–Kier alpha value is -2.17. The highest BCUT2D eigenvalue weighted by Crippen LogP contribution is 2.26. The van der Waals surface area contributed by atoms with Crippen LogP contribution in [0.15, 0.2) is 18.2 Å². The topological polar surface area (TPSA) is 66.5 Å². The lowest BCUT2D eigenvalue weighted by Gasteiger charge is -2.26. The summed E-state index contributed by atoms with van der Waals surface area (Å²) in [5.41, 5.74) is -0.0121. The van der Waals surface area contributed by atoms with Gasteiger partial charge in [0.15, 0.2) is 11.6 Å². The zero-order valence-electron chi connectivity index (χ0n) is 17.7. The Labute approximate surface area is 187 Å². The molecule has 1 aliphatic heterocycles. The van der Waals surface area contributed by atoms with Crippen LogP contribution in [0.5, 0.6) is 0 Å². The maximum absolute atomic E-state index is 14.0. The van der Waals surface area contributed by atoms with Crippen LogP contribution in [0, 0.1) is 17.6 Å². The second kappa shape index (κ2) is 11.1. The third-order valence-electron chi connectivity index (χ3n) is 5.11. The predicted molar refractivity (Wildman–Crippen MR) is 109 cm³/mol. The maximum Gasteiger partial charge on any atom is 0.389 e. The first kappa shape index (κ1) is 26.1. The molecule has 32 heavy (non-hydrogen) atoms. The van der Waals surface area contributed by atoms with E-state index in [1.165, 1.54) is 17.0 Å². The summed E-state index contributed by atoms with van der Waals surface area (Å²) in [4.78, 5) is 38.4. The maximum atomic E-state index is 14.0. The van der Waals surface area contributed by atoms with E-state index in [-0.39, 0.29) is 36.8 Å². The number of thioether (sulfide) groups is 1. The van der Waals surface area contributed by atoms with E-state index in [2.05, 4.69) is 5.32 Å². The molecule has 0 saturated carbocycles. The molecule has 0 bridgehead atoms. The van der Waals surface area contributed by atoms with E-state index in [1.807, 2.05) is 0 Å². The first-order valence-electron chi connectivity index (χ1n) is 10.1. The van der Waals surface area contributed by atoms with Gasteiger partial charge in [-0.25, -0.2) is 8.78 Å². The Balaban J connectivity index is 1.98. The zero-order chi connectivity index (χ0) is 24.1. The number of halogens is 5. The molecule has 0 spiro atoms. The number of rotatable bonds is 9. The van der Waals surface area contributed by atoms with Crippen molar-refractivity contribution in [2.75, 3.05) is 5.75 Å². The van der Waals surface area contributed by atoms with E-state index >= 15 is 0 Å². The monoisotopic (exact) mass is 480 g/mol. The highest BCUT2D eigenvalue weighted by Gasteiger charge is 2.35. The fourth-order valence-electron chi connectivity index (χ4n) is 3.38. The van der Waals surface area contributed by atoms with Gasteiger partial charge in [0.1, 0.15) is 6.04 Å². The van der Waals surface area contributed by atoms with E-state index < -0.39 is 53.1 Å². The number of hydrogen-bond donors (Lipinski definition) is 1. The van der Waals surface area contributed by atoms with E-state index in [4.69, 9.17) is 0 Å². The van der Waals surface area contributed by atoms with Crippen molar-refractivity contribution < 1.29 is 36.3 Å². The molecule has 1 aromatic carbocycles. The molecule has 0 radical (unpaired) electrons. The second-order valence-electron chi connectivity index (χ2n) is 7.95. The first-order valence-corrected chi connectivity index (χ1v) is 11.1. The van der Waals surface area contributed by atoms with Crippen LogP contribution < -0.4 is 5.32 Å². The van der Waals surface area contributed by atoms with Gasteiger partial charge in [0.05, 0.1) is 6.42 Å². The zero-order valence-corrected chi connectivity index (χ0v) is 18.5. The Kier molecular flexibility index (Phi) is 9.06. The van der Waals surface area contributed by atoms with Crippen LogP contribution in [0.1, 0.15) is 45.1 Å². The summed E-state index contributed by atoms with van der Waals surface area (Å²) >= 11 is 0.515. The van der Waals surface area contributed by atoms with Crippen molar-refractivity contribution in [3.63, 3.8) is 0 Å². The number of hydrogen-bond acceptors (Lipinski definition) is 4. The van der Waals surface area contributed by atoms with E-state index in [9.17, 15) is 36.3 Å². The van der Waals surface area contributed by atoms with E-state index in [1.54, 1.807) is 13.8 Å². The summed E-state index contributed by atoms with van der Waals surface area (Å²) < 4.78 is 64.4. The highest BCUT2D eigenvalue weighted by atomic mass is 32.2. The van der Waals surface area contributed by atoms with Gasteiger partial charge in [-0.2, -0.15) is 13.2 Å². The SMILES string of the molecule is CC(C)[C@@H](NC(=O)C[C@@H]1CCC(=O)N1Cc1cccc(F)c1F)C(=O)SCCC(F)(F)F. The van der Waals surface area contributed by atoms with Crippen LogP contribution in [0.2, 0.25) is 0 Å². The average molecular weight is 480 g/mol. The van der Waals surface area contributed by atoms with E-state index in [0.717, 1.165) is 6.07 Å². The number of amides is 2. The van der Waals surface area contributed by atoms with Gasteiger partial charge in [0.25, 0.3) is 0 Å². The number of benzene rings is 1. The average Bonchev–Trinajstić information content (AvgIpc) is 3.01.